The third-order valence-corrected chi connectivity index (χ3v) is 7.37. The first kappa shape index (κ1) is 20.5. The number of thioether (sulfide) groups is 1. The summed E-state index contributed by atoms with van der Waals surface area (Å²) < 4.78 is 1.83. The average Bonchev–Trinajstić information content (AvgIpc) is 3.02. The number of likely N-dealkylation sites (tertiary alicyclic amines) is 2. The van der Waals surface area contributed by atoms with E-state index in [1.165, 1.54) is 0 Å². The van der Waals surface area contributed by atoms with Crippen LogP contribution in [0.4, 0.5) is 0 Å². The summed E-state index contributed by atoms with van der Waals surface area (Å²) in [5.41, 5.74) is 1.15. The van der Waals surface area contributed by atoms with Gasteiger partial charge in [0.2, 0.25) is 5.91 Å². The Morgan fingerprint density at radius 1 is 1.03 bits per heavy atom. The maximum absolute atomic E-state index is 13.2. The van der Waals surface area contributed by atoms with Crippen LogP contribution in [0, 0.1) is 5.92 Å². The number of carbonyl (C=O) groups is 2. The molecule has 7 heteroatoms. The smallest absolute Gasteiger partial charge is 0.263 e. The molecule has 2 fully saturated rings. The van der Waals surface area contributed by atoms with Crippen LogP contribution in [0.25, 0.3) is 0 Å². The van der Waals surface area contributed by atoms with Gasteiger partial charge in [-0.1, -0.05) is 19.8 Å². The zero-order valence-corrected chi connectivity index (χ0v) is 18.1. The number of fused-ring (bicyclic) bond motifs is 4. The van der Waals surface area contributed by atoms with Crippen LogP contribution in [0.15, 0.2) is 16.9 Å². The lowest BCUT2D eigenvalue weighted by molar-refractivity contribution is -0.131. The molecule has 1 aromatic heterocycles. The van der Waals surface area contributed by atoms with Crippen molar-refractivity contribution >= 4 is 23.6 Å². The number of carbonyl (C=O) groups excluding carboxylic acids is 2. The normalized spacial score (nSPS) is 24.0. The third kappa shape index (κ3) is 4.25. The van der Waals surface area contributed by atoms with E-state index < -0.39 is 0 Å². The Hall–Kier alpha value is -1.76. The lowest BCUT2D eigenvalue weighted by atomic mass is 9.83. The number of hydrogen-bond acceptors (Lipinski definition) is 4. The monoisotopic (exact) mass is 417 g/mol. The molecular formula is C22H31N3O3S. The second-order valence-corrected chi connectivity index (χ2v) is 9.80. The largest absolute Gasteiger partial charge is 0.341 e. The van der Waals surface area contributed by atoms with Crippen molar-refractivity contribution in [2.75, 3.05) is 37.7 Å². The van der Waals surface area contributed by atoms with Crippen molar-refractivity contribution in [1.82, 2.24) is 14.4 Å². The molecule has 0 aromatic carbocycles. The molecule has 2 saturated heterocycles. The summed E-state index contributed by atoms with van der Waals surface area (Å²) >= 11 is 1.66. The maximum atomic E-state index is 13.2. The molecule has 4 rings (SSSR count). The Kier molecular flexibility index (Phi) is 6.32. The number of hydrogen-bond donors (Lipinski definition) is 0. The van der Waals surface area contributed by atoms with Crippen LogP contribution in [-0.4, -0.2) is 63.9 Å². The lowest BCUT2D eigenvalue weighted by Crippen LogP contribution is -2.50. The van der Waals surface area contributed by atoms with Gasteiger partial charge in [0.15, 0.2) is 0 Å². The van der Waals surface area contributed by atoms with Crippen LogP contribution in [0.2, 0.25) is 0 Å². The van der Waals surface area contributed by atoms with Crippen molar-refractivity contribution in [3.8, 4) is 0 Å². The Morgan fingerprint density at radius 3 is 2.52 bits per heavy atom. The average molecular weight is 418 g/mol. The van der Waals surface area contributed by atoms with Crippen molar-refractivity contribution in [2.45, 2.75) is 51.5 Å². The Bertz CT molecular complexity index is 829. The van der Waals surface area contributed by atoms with E-state index in [4.69, 9.17) is 0 Å². The quantitative estimate of drug-likeness (QED) is 0.755. The van der Waals surface area contributed by atoms with Gasteiger partial charge in [-0.3, -0.25) is 14.4 Å². The van der Waals surface area contributed by atoms with Crippen LogP contribution >= 0.6 is 11.8 Å². The van der Waals surface area contributed by atoms with Crippen molar-refractivity contribution in [1.29, 1.82) is 0 Å². The maximum Gasteiger partial charge on any atom is 0.263 e. The fourth-order valence-electron chi connectivity index (χ4n) is 5.04. The molecule has 0 spiro atoms. The standard InChI is InChI=1S/C22H31N3O3S/c1-2-29-15-20(26)24-12-16-11-17(14-24)19-8-7-18(22(28)25(19)13-16)21(27)23-9-5-3-4-6-10-23/h7-8,16-17H,2-6,9-15H2,1H3/t16-,17+/m0/s1. The molecule has 3 aliphatic heterocycles. The lowest BCUT2D eigenvalue weighted by Gasteiger charge is -2.43. The van der Waals surface area contributed by atoms with Crippen molar-refractivity contribution in [3.63, 3.8) is 0 Å². The highest BCUT2D eigenvalue weighted by atomic mass is 32.2. The molecular weight excluding hydrogens is 386 g/mol. The van der Waals surface area contributed by atoms with Crippen molar-refractivity contribution < 1.29 is 9.59 Å². The minimum absolute atomic E-state index is 0.115. The van der Waals surface area contributed by atoms with E-state index in [2.05, 4.69) is 6.92 Å². The fourth-order valence-corrected chi connectivity index (χ4v) is 5.60. The highest BCUT2D eigenvalue weighted by Gasteiger charge is 2.37. The molecule has 158 valence electrons. The first-order valence-electron chi connectivity index (χ1n) is 11.0. The Labute approximate surface area is 176 Å². The van der Waals surface area contributed by atoms with Gasteiger partial charge in [-0.15, -0.1) is 0 Å². The molecule has 0 saturated carbocycles. The van der Waals surface area contributed by atoms with Crippen molar-refractivity contribution in [2.24, 2.45) is 5.92 Å². The summed E-state index contributed by atoms with van der Waals surface area (Å²) in [6.07, 6.45) is 5.36. The molecule has 2 atom stereocenters. The van der Waals surface area contributed by atoms with Gasteiger partial charge in [-0.2, -0.15) is 11.8 Å². The van der Waals surface area contributed by atoms with E-state index in [0.717, 1.165) is 63.2 Å². The molecule has 4 heterocycles. The van der Waals surface area contributed by atoms with E-state index in [-0.39, 0.29) is 29.2 Å². The van der Waals surface area contributed by atoms with Gasteiger partial charge in [-0.25, -0.2) is 0 Å². The SMILES string of the molecule is CCSCC(=O)N1C[C@@H]2C[C@H](C1)c1ccc(C(=O)N3CCCCCC3)c(=O)n1C2. The van der Waals surface area contributed by atoms with Gasteiger partial charge in [-0.05, 0) is 43.1 Å². The number of rotatable bonds is 4. The summed E-state index contributed by atoms with van der Waals surface area (Å²) in [6.45, 7) is 5.57. The highest BCUT2D eigenvalue weighted by Crippen LogP contribution is 2.35. The number of piperidine rings is 1. The fraction of sp³-hybridized carbons (Fsp3) is 0.682. The molecule has 0 radical (unpaired) electrons. The van der Waals surface area contributed by atoms with Gasteiger partial charge in [0.25, 0.3) is 11.5 Å². The summed E-state index contributed by atoms with van der Waals surface area (Å²) in [4.78, 5) is 42.5. The Balaban J connectivity index is 1.55. The minimum Gasteiger partial charge on any atom is -0.341 e. The highest BCUT2D eigenvalue weighted by molar-refractivity contribution is 7.99. The predicted molar refractivity (Wildman–Crippen MR) is 116 cm³/mol. The molecule has 0 N–H and O–H groups in total. The summed E-state index contributed by atoms with van der Waals surface area (Å²) in [5.74, 6) is 2.04. The summed E-state index contributed by atoms with van der Waals surface area (Å²) in [6, 6.07) is 3.69. The first-order valence-corrected chi connectivity index (χ1v) is 12.1. The van der Waals surface area contributed by atoms with Gasteiger partial charge < -0.3 is 14.4 Å². The topological polar surface area (TPSA) is 62.6 Å². The van der Waals surface area contributed by atoms with E-state index in [0.29, 0.717) is 24.4 Å². The van der Waals surface area contributed by atoms with Crippen LogP contribution in [0.3, 0.4) is 0 Å². The van der Waals surface area contributed by atoms with E-state index in [9.17, 15) is 14.4 Å². The zero-order valence-electron chi connectivity index (χ0n) is 17.3. The molecule has 0 unspecified atom stereocenters. The number of nitrogens with zero attached hydrogens (tertiary/aromatic N) is 3. The third-order valence-electron chi connectivity index (χ3n) is 6.51. The van der Waals surface area contributed by atoms with Crippen LogP contribution < -0.4 is 5.56 Å². The molecule has 1 aromatic rings. The first-order chi connectivity index (χ1) is 14.1. The van der Waals surface area contributed by atoms with Crippen LogP contribution in [0.1, 0.15) is 61.0 Å². The van der Waals surface area contributed by atoms with Gasteiger partial charge in [0, 0.05) is 44.3 Å². The summed E-state index contributed by atoms with van der Waals surface area (Å²) in [7, 11) is 0. The second kappa shape index (κ2) is 8.94. The van der Waals surface area contributed by atoms with E-state index in [1.807, 2.05) is 20.4 Å². The van der Waals surface area contributed by atoms with E-state index >= 15 is 0 Å². The van der Waals surface area contributed by atoms with Crippen LogP contribution in [0.5, 0.6) is 0 Å². The van der Waals surface area contributed by atoms with Crippen LogP contribution in [-0.2, 0) is 11.3 Å². The van der Waals surface area contributed by atoms with E-state index in [1.54, 1.807) is 17.8 Å². The zero-order chi connectivity index (χ0) is 20.4. The number of pyridine rings is 1. The predicted octanol–water partition coefficient (Wildman–Crippen LogP) is 2.56. The second-order valence-electron chi connectivity index (χ2n) is 8.53. The molecule has 3 aliphatic rings. The van der Waals surface area contributed by atoms with Gasteiger partial charge in [0.05, 0.1) is 5.75 Å². The molecule has 0 aliphatic carbocycles. The van der Waals surface area contributed by atoms with Gasteiger partial charge in [0.1, 0.15) is 5.56 Å². The minimum atomic E-state index is -0.146. The molecule has 29 heavy (non-hydrogen) atoms. The molecule has 2 amide bonds. The number of amides is 2. The number of aromatic nitrogens is 1. The Morgan fingerprint density at radius 2 is 1.79 bits per heavy atom. The van der Waals surface area contributed by atoms with Gasteiger partial charge >= 0.3 is 0 Å². The molecule has 6 nitrogen and oxygen atoms in total. The molecule has 2 bridgehead atoms. The van der Waals surface area contributed by atoms with Crippen molar-refractivity contribution in [3.05, 3.63) is 33.7 Å². The summed E-state index contributed by atoms with van der Waals surface area (Å²) in [5, 5.41) is 0.